The van der Waals surface area contributed by atoms with E-state index in [1.54, 1.807) is 11.3 Å². The fourth-order valence-electron chi connectivity index (χ4n) is 3.32. The largest absolute Gasteiger partial charge is 0.356 e. The lowest BCUT2D eigenvalue weighted by Crippen LogP contribution is -2.52. The summed E-state index contributed by atoms with van der Waals surface area (Å²) < 4.78 is 0. The summed E-state index contributed by atoms with van der Waals surface area (Å²) in [6, 6.07) is 1.90. The van der Waals surface area contributed by atoms with Crippen LogP contribution in [0.25, 0.3) is 0 Å². The first-order valence-electron chi connectivity index (χ1n) is 7.24. The number of rotatable bonds is 1. The Balaban J connectivity index is 1.68. The van der Waals surface area contributed by atoms with Crippen molar-refractivity contribution < 1.29 is 9.59 Å². The normalized spacial score (nSPS) is 21.9. The second-order valence-electron chi connectivity index (χ2n) is 5.82. The molecular formula is C15H20N2O2S. The zero-order valence-electron chi connectivity index (χ0n) is 11.8. The zero-order chi connectivity index (χ0) is 14.2. The lowest BCUT2D eigenvalue weighted by molar-refractivity contribution is -0.136. The number of hydrogen-bond donors (Lipinski definition) is 1. The number of hydrogen-bond acceptors (Lipinski definition) is 3. The molecule has 1 aromatic rings. The Bertz CT molecular complexity index is 530. The van der Waals surface area contributed by atoms with E-state index in [0.717, 1.165) is 42.7 Å². The van der Waals surface area contributed by atoms with Gasteiger partial charge in [0.2, 0.25) is 5.91 Å². The molecule has 2 aliphatic heterocycles. The van der Waals surface area contributed by atoms with Crippen LogP contribution < -0.4 is 5.32 Å². The SMILES string of the molecule is Cc1sccc1C(=O)N1CCC2(CCCNC2=O)CC1. The predicted octanol–water partition coefficient (Wildman–Crippen LogP) is 2.19. The monoisotopic (exact) mass is 292 g/mol. The summed E-state index contributed by atoms with van der Waals surface area (Å²) in [6.45, 7) is 4.18. The second kappa shape index (κ2) is 5.20. The summed E-state index contributed by atoms with van der Waals surface area (Å²) in [4.78, 5) is 27.6. The van der Waals surface area contributed by atoms with E-state index in [2.05, 4.69) is 5.32 Å². The Hall–Kier alpha value is -1.36. The molecule has 3 rings (SSSR count). The number of aryl methyl sites for hydroxylation is 1. The molecule has 2 amide bonds. The van der Waals surface area contributed by atoms with Gasteiger partial charge in [0.05, 0.1) is 11.0 Å². The average Bonchev–Trinajstić information content (AvgIpc) is 2.89. The third-order valence-electron chi connectivity index (χ3n) is 4.70. The topological polar surface area (TPSA) is 49.4 Å². The first kappa shape index (κ1) is 13.6. The van der Waals surface area contributed by atoms with E-state index >= 15 is 0 Å². The van der Waals surface area contributed by atoms with Crippen molar-refractivity contribution in [2.24, 2.45) is 5.41 Å². The molecular weight excluding hydrogens is 272 g/mol. The molecule has 5 heteroatoms. The molecule has 0 saturated carbocycles. The molecule has 1 spiro atoms. The van der Waals surface area contributed by atoms with Crippen molar-refractivity contribution in [2.45, 2.75) is 32.6 Å². The van der Waals surface area contributed by atoms with Gasteiger partial charge in [-0.3, -0.25) is 9.59 Å². The summed E-state index contributed by atoms with van der Waals surface area (Å²) >= 11 is 1.61. The summed E-state index contributed by atoms with van der Waals surface area (Å²) in [7, 11) is 0. The van der Waals surface area contributed by atoms with Crippen LogP contribution in [0.5, 0.6) is 0 Å². The van der Waals surface area contributed by atoms with E-state index in [4.69, 9.17) is 0 Å². The van der Waals surface area contributed by atoms with Gasteiger partial charge in [-0.15, -0.1) is 11.3 Å². The van der Waals surface area contributed by atoms with E-state index in [1.807, 2.05) is 23.3 Å². The molecule has 0 bridgehead atoms. The van der Waals surface area contributed by atoms with Crippen molar-refractivity contribution in [1.82, 2.24) is 10.2 Å². The number of carbonyl (C=O) groups excluding carboxylic acids is 2. The van der Waals surface area contributed by atoms with Gasteiger partial charge in [-0.2, -0.15) is 0 Å². The van der Waals surface area contributed by atoms with E-state index in [1.165, 1.54) is 0 Å². The second-order valence-corrected chi connectivity index (χ2v) is 6.94. The summed E-state index contributed by atoms with van der Waals surface area (Å²) in [5.74, 6) is 0.317. The number of carbonyl (C=O) groups is 2. The maximum atomic E-state index is 12.5. The van der Waals surface area contributed by atoms with Crippen LogP contribution in [-0.2, 0) is 4.79 Å². The molecule has 2 saturated heterocycles. The smallest absolute Gasteiger partial charge is 0.254 e. The van der Waals surface area contributed by atoms with Crippen molar-refractivity contribution >= 4 is 23.2 Å². The molecule has 0 aliphatic carbocycles. The average molecular weight is 292 g/mol. The zero-order valence-corrected chi connectivity index (χ0v) is 12.6. The van der Waals surface area contributed by atoms with Crippen LogP contribution in [0.15, 0.2) is 11.4 Å². The molecule has 0 atom stereocenters. The number of nitrogens with zero attached hydrogens (tertiary/aromatic N) is 1. The molecule has 0 aromatic carbocycles. The van der Waals surface area contributed by atoms with Gasteiger partial charge in [0.25, 0.3) is 5.91 Å². The van der Waals surface area contributed by atoms with E-state index < -0.39 is 0 Å². The van der Waals surface area contributed by atoms with Crippen LogP contribution in [0.1, 0.15) is 40.9 Å². The van der Waals surface area contributed by atoms with Crippen LogP contribution in [0, 0.1) is 12.3 Å². The maximum Gasteiger partial charge on any atom is 0.254 e. The van der Waals surface area contributed by atoms with Gasteiger partial charge in [-0.1, -0.05) is 0 Å². The number of amides is 2. The van der Waals surface area contributed by atoms with Crippen LogP contribution in [0.3, 0.4) is 0 Å². The van der Waals surface area contributed by atoms with Crippen molar-refractivity contribution in [3.8, 4) is 0 Å². The summed E-state index contributed by atoms with van der Waals surface area (Å²) in [5.41, 5.74) is 0.609. The summed E-state index contributed by atoms with van der Waals surface area (Å²) in [6.07, 6.45) is 3.63. The minimum absolute atomic E-state index is 0.120. The maximum absolute atomic E-state index is 12.5. The third kappa shape index (κ3) is 2.24. The number of likely N-dealkylation sites (tertiary alicyclic amines) is 1. The number of nitrogens with one attached hydrogen (secondary N) is 1. The van der Waals surface area contributed by atoms with Crippen molar-refractivity contribution in [2.75, 3.05) is 19.6 Å². The highest BCUT2D eigenvalue weighted by Gasteiger charge is 2.43. The lowest BCUT2D eigenvalue weighted by atomic mass is 9.72. The molecule has 0 unspecified atom stereocenters. The lowest BCUT2D eigenvalue weighted by Gasteiger charge is -2.42. The molecule has 1 N–H and O–H groups in total. The highest BCUT2D eigenvalue weighted by atomic mass is 32.1. The van der Waals surface area contributed by atoms with Gasteiger partial charge >= 0.3 is 0 Å². The first-order valence-corrected chi connectivity index (χ1v) is 8.12. The van der Waals surface area contributed by atoms with E-state index in [0.29, 0.717) is 13.1 Å². The standard InChI is InChI=1S/C15H20N2O2S/c1-11-12(3-10-20-11)13(18)17-8-5-15(6-9-17)4-2-7-16-14(15)19/h3,10H,2,4-9H2,1H3,(H,16,19). The summed E-state index contributed by atoms with van der Waals surface area (Å²) in [5, 5.41) is 4.94. The van der Waals surface area contributed by atoms with Gasteiger partial charge in [0, 0.05) is 24.5 Å². The Morgan fingerprint density at radius 2 is 2.10 bits per heavy atom. The van der Waals surface area contributed by atoms with Gasteiger partial charge in [0.1, 0.15) is 0 Å². The fourth-order valence-corrected chi connectivity index (χ4v) is 4.01. The van der Waals surface area contributed by atoms with Crippen molar-refractivity contribution in [3.63, 3.8) is 0 Å². The van der Waals surface area contributed by atoms with Crippen molar-refractivity contribution in [3.05, 3.63) is 21.9 Å². The van der Waals surface area contributed by atoms with Gasteiger partial charge < -0.3 is 10.2 Å². The van der Waals surface area contributed by atoms with E-state index in [9.17, 15) is 9.59 Å². The quantitative estimate of drug-likeness (QED) is 0.862. The molecule has 108 valence electrons. The molecule has 1 aromatic heterocycles. The third-order valence-corrected chi connectivity index (χ3v) is 5.54. The minimum Gasteiger partial charge on any atom is -0.356 e. The van der Waals surface area contributed by atoms with Crippen LogP contribution in [-0.4, -0.2) is 36.3 Å². The number of thiophene rings is 1. The highest BCUT2D eigenvalue weighted by molar-refractivity contribution is 7.10. The van der Waals surface area contributed by atoms with Crippen LogP contribution >= 0.6 is 11.3 Å². The molecule has 20 heavy (non-hydrogen) atoms. The van der Waals surface area contributed by atoms with Gasteiger partial charge in [-0.25, -0.2) is 0 Å². The van der Waals surface area contributed by atoms with Crippen LogP contribution in [0.4, 0.5) is 0 Å². The van der Waals surface area contributed by atoms with E-state index in [-0.39, 0.29) is 17.2 Å². The molecule has 2 fully saturated rings. The Kier molecular flexibility index (Phi) is 3.54. The van der Waals surface area contributed by atoms with Gasteiger partial charge in [0.15, 0.2) is 0 Å². The minimum atomic E-state index is -0.210. The van der Waals surface area contributed by atoms with Crippen LogP contribution in [0.2, 0.25) is 0 Å². The van der Waals surface area contributed by atoms with Gasteiger partial charge in [-0.05, 0) is 44.1 Å². The Morgan fingerprint density at radius 1 is 1.35 bits per heavy atom. The fraction of sp³-hybridized carbons (Fsp3) is 0.600. The molecule has 0 radical (unpaired) electrons. The Morgan fingerprint density at radius 3 is 2.70 bits per heavy atom. The first-order chi connectivity index (χ1) is 9.62. The highest BCUT2D eigenvalue weighted by Crippen LogP contribution is 2.38. The predicted molar refractivity (Wildman–Crippen MR) is 78.9 cm³/mol. The molecule has 4 nitrogen and oxygen atoms in total. The Labute approximate surface area is 123 Å². The number of piperidine rings is 2. The van der Waals surface area contributed by atoms with Crippen molar-refractivity contribution in [1.29, 1.82) is 0 Å². The molecule has 2 aliphatic rings. The molecule has 3 heterocycles.